The van der Waals surface area contributed by atoms with E-state index in [2.05, 4.69) is 22.4 Å². The molecule has 0 spiro atoms. The topological polar surface area (TPSA) is 59.9 Å². The number of nitriles is 2. The number of isothiocyanates is 1. The highest BCUT2D eigenvalue weighted by atomic mass is 32.2. The minimum absolute atomic E-state index is 0.574. The highest BCUT2D eigenvalue weighted by molar-refractivity contribution is 8.04. The van der Waals surface area contributed by atoms with Crippen molar-refractivity contribution in [2.45, 2.75) is 16.7 Å². The summed E-state index contributed by atoms with van der Waals surface area (Å²) in [6.45, 7) is 1.88. The molecule has 0 saturated heterocycles. The van der Waals surface area contributed by atoms with Crippen LogP contribution < -0.4 is 0 Å². The van der Waals surface area contributed by atoms with Crippen molar-refractivity contribution < 1.29 is 0 Å². The molecule has 1 aromatic carbocycles. The van der Waals surface area contributed by atoms with E-state index in [1.54, 1.807) is 6.07 Å². The Hall–Kier alpha value is -1.30. The molecule has 0 N–H and O–H groups in total. The van der Waals surface area contributed by atoms with Crippen LogP contribution in [0.25, 0.3) is 0 Å². The van der Waals surface area contributed by atoms with Crippen molar-refractivity contribution in [3.63, 3.8) is 0 Å². The summed E-state index contributed by atoms with van der Waals surface area (Å²) in [5.74, 6) is 0. The molecule has 78 valence electrons. The number of thiocarbonyl (C=S) groups is 1. The van der Waals surface area contributed by atoms with Crippen molar-refractivity contribution in [3.8, 4) is 10.8 Å². The molecule has 0 bridgehead atoms. The van der Waals surface area contributed by atoms with Gasteiger partial charge in [-0.05, 0) is 60.4 Å². The van der Waals surface area contributed by atoms with Crippen LogP contribution in [-0.2, 0) is 0 Å². The number of hydrogen-bond donors (Lipinski definition) is 0. The monoisotopic (exact) mass is 263 g/mol. The molecule has 0 fully saturated rings. The number of thioether (sulfide) groups is 2. The lowest BCUT2D eigenvalue weighted by molar-refractivity contribution is 1.23. The van der Waals surface area contributed by atoms with E-state index in [0.717, 1.165) is 38.9 Å². The average molecular weight is 263 g/mol. The summed E-state index contributed by atoms with van der Waals surface area (Å²) in [6.07, 6.45) is 0. The maximum absolute atomic E-state index is 8.64. The highest BCUT2D eigenvalue weighted by Gasteiger charge is 2.08. The van der Waals surface area contributed by atoms with E-state index in [0.29, 0.717) is 5.69 Å². The quantitative estimate of drug-likeness (QED) is 0.358. The minimum Gasteiger partial charge on any atom is -0.193 e. The number of thiocyanates is 2. The first-order chi connectivity index (χ1) is 7.72. The van der Waals surface area contributed by atoms with Gasteiger partial charge in [-0.15, -0.1) is 0 Å². The van der Waals surface area contributed by atoms with Gasteiger partial charge >= 0.3 is 0 Å². The maximum atomic E-state index is 8.64. The van der Waals surface area contributed by atoms with Crippen molar-refractivity contribution in [2.24, 2.45) is 4.99 Å². The van der Waals surface area contributed by atoms with Crippen molar-refractivity contribution in [1.82, 2.24) is 0 Å². The highest BCUT2D eigenvalue weighted by Crippen LogP contribution is 2.35. The van der Waals surface area contributed by atoms with Crippen molar-refractivity contribution in [1.29, 1.82) is 10.5 Å². The van der Waals surface area contributed by atoms with Gasteiger partial charge in [-0.1, -0.05) is 0 Å². The van der Waals surface area contributed by atoms with Gasteiger partial charge in [-0.25, -0.2) is 0 Å². The molecule has 1 rings (SSSR count). The second kappa shape index (κ2) is 6.32. The molecular weight excluding hydrogens is 258 g/mol. The molecule has 1 aromatic rings. The Balaban J connectivity index is 3.32. The maximum Gasteiger partial charge on any atom is 0.138 e. The molecule has 3 nitrogen and oxygen atoms in total. The number of aryl methyl sites for hydroxylation is 1. The molecular formula is C10H5N3S3. The van der Waals surface area contributed by atoms with Gasteiger partial charge in [0.05, 0.1) is 10.8 Å². The first-order valence-corrected chi connectivity index (χ1v) is 6.11. The normalized spacial score (nSPS) is 8.69. The molecule has 0 aliphatic carbocycles. The van der Waals surface area contributed by atoms with Crippen LogP contribution in [0.1, 0.15) is 5.56 Å². The molecule has 6 heteroatoms. The number of rotatable bonds is 3. The zero-order valence-corrected chi connectivity index (χ0v) is 10.7. The van der Waals surface area contributed by atoms with E-state index in [1.807, 2.05) is 23.8 Å². The lowest BCUT2D eigenvalue weighted by Gasteiger charge is -2.05. The van der Waals surface area contributed by atoms with Crippen LogP contribution in [0.15, 0.2) is 26.9 Å². The van der Waals surface area contributed by atoms with Crippen LogP contribution in [0.2, 0.25) is 0 Å². The number of aliphatic imine (C=N–C) groups is 1. The van der Waals surface area contributed by atoms with Crippen molar-refractivity contribution in [2.75, 3.05) is 0 Å². The van der Waals surface area contributed by atoms with Gasteiger partial charge in [0.1, 0.15) is 10.8 Å². The predicted octanol–water partition coefficient (Wildman–Crippen LogP) is 3.88. The fraction of sp³-hybridized carbons (Fsp3) is 0.100. The number of nitrogens with zero attached hydrogens (tertiary/aromatic N) is 3. The molecule has 0 atom stereocenters. The molecule has 0 amide bonds. The largest absolute Gasteiger partial charge is 0.193 e. The third-order valence-electron chi connectivity index (χ3n) is 1.73. The van der Waals surface area contributed by atoms with Gasteiger partial charge in [-0.3, -0.25) is 0 Å². The molecule has 0 unspecified atom stereocenters. The second-order valence-corrected chi connectivity index (χ2v) is 4.51. The SMILES string of the molecule is Cc1cc(SC#N)c(N=C=S)cc1SC#N. The average Bonchev–Trinajstić information content (AvgIpc) is 2.25. The fourth-order valence-corrected chi connectivity index (χ4v) is 2.21. The Kier molecular flexibility index (Phi) is 5.04. The predicted molar refractivity (Wildman–Crippen MR) is 68.8 cm³/mol. The number of hydrogen-bond acceptors (Lipinski definition) is 6. The summed E-state index contributed by atoms with van der Waals surface area (Å²) in [4.78, 5) is 5.41. The van der Waals surface area contributed by atoms with Gasteiger partial charge < -0.3 is 0 Å². The Bertz CT molecular complexity index is 533. The van der Waals surface area contributed by atoms with Gasteiger partial charge in [0, 0.05) is 9.79 Å². The summed E-state index contributed by atoms with van der Waals surface area (Å²) in [5.41, 5.74) is 1.51. The molecule has 0 saturated carbocycles. The molecule has 0 aromatic heterocycles. The van der Waals surface area contributed by atoms with Crippen LogP contribution in [0.5, 0.6) is 0 Å². The van der Waals surface area contributed by atoms with E-state index in [9.17, 15) is 0 Å². The fourth-order valence-electron chi connectivity index (χ4n) is 1.08. The summed E-state index contributed by atoms with van der Waals surface area (Å²) < 4.78 is 0. The Morgan fingerprint density at radius 2 is 1.81 bits per heavy atom. The van der Waals surface area contributed by atoms with E-state index in [1.165, 1.54) is 0 Å². The third kappa shape index (κ3) is 3.10. The summed E-state index contributed by atoms with van der Waals surface area (Å²) in [7, 11) is 0. The van der Waals surface area contributed by atoms with Gasteiger partial charge in [0.2, 0.25) is 0 Å². The zero-order chi connectivity index (χ0) is 12.0. The van der Waals surface area contributed by atoms with E-state index in [4.69, 9.17) is 10.5 Å². The third-order valence-corrected chi connectivity index (χ3v) is 3.21. The molecule has 0 aliphatic rings. The Labute approximate surface area is 107 Å². The van der Waals surface area contributed by atoms with Crippen LogP contribution in [-0.4, -0.2) is 5.16 Å². The smallest absolute Gasteiger partial charge is 0.138 e. The second-order valence-electron chi connectivity index (χ2n) is 2.68. The molecule has 0 aliphatic heterocycles. The van der Waals surface area contributed by atoms with Crippen LogP contribution in [0.3, 0.4) is 0 Å². The zero-order valence-electron chi connectivity index (χ0n) is 8.22. The lowest BCUT2D eigenvalue weighted by Crippen LogP contribution is -1.81. The van der Waals surface area contributed by atoms with Gasteiger partial charge in [-0.2, -0.15) is 15.5 Å². The summed E-state index contributed by atoms with van der Waals surface area (Å²) in [5, 5.41) is 23.5. The van der Waals surface area contributed by atoms with Gasteiger partial charge in [0.25, 0.3) is 0 Å². The van der Waals surface area contributed by atoms with Crippen molar-refractivity contribution in [3.05, 3.63) is 17.7 Å². The summed E-state index contributed by atoms with van der Waals surface area (Å²) >= 11 is 6.61. The van der Waals surface area contributed by atoms with E-state index >= 15 is 0 Å². The van der Waals surface area contributed by atoms with Crippen LogP contribution >= 0.6 is 35.7 Å². The van der Waals surface area contributed by atoms with Crippen LogP contribution in [0, 0.1) is 28.3 Å². The molecule has 0 radical (unpaired) electrons. The first kappa shape index (κ1) is 12.8. The molecule has 16 heavy (non-hydrogen) atoms. The lowest BCUT2D eigenvalue weighted by atomic mass is 10.2. The first-order valence-electron chi connectivity index (χ1n) is 4.07. The van der Waals surface area contributed by atoms with E-state index in [-0.39, 0.29) is 0 Å². The summed E-state index contributed by atoms with van der Waals surface area (Å²) in [6, 6.07) is 3.56. The van der Waals surface area contributed by atoms with Gasteiger partial charge in [0.15, 0.2) is 0 Å². The van der Waals surface area contributed by atoms with Crippen molar-refractivity contribution >= 4 is 46.6 Å². The number of benzene rings is 1. The Morgan fingerprint density at radius 1 is 1.19 bits per heavy atom. The molecule has 0 heterocycles. The standard InChI is InChI=1S/C10H5N3S3/c1-7-2-10(16-5-12)8(13-6-14)3-9(7)15-4-11/h2-3H,1H3. The van der Waals surface area contributed by atoms with E-state index < -0.39 is 0 Å². The minimum atomic E-state index is 0.574. The van der Waals surface area contributed by atoms with Crippen LogP contribution in [0.4, 0.5) is 5.69 Å². The Morgan fingerprint density at radius 3 is 2.38 bits per heavy atom.